The Balaban J connectivity index is 2.31. The molecule has 0 aliphatic heterocycles. The summed E-state index contributed by atoms with van der Waals surface area (Å²) < 4.78 is 1.12. The van der Waals surface area contributed by atoms with Crippen molar-refractivity contribution in [3.63, 3.8) is 0 Å². The van der Waals surface area contributed by atoms with Crippen molar-refractivity contribution >= 4 is 15.9 Å². The van der Waals surface area contributed by atoms with Crippen LogP contribution in [0, 0.1) is 0 Å². The lowest BCUT2D eigenvalue weighted by atomic mass is 10.2. The van der Waals surface area contributed by atoms with Gasteiger partial charge in [0.05, 0.1) is 0 Å². The monoisotopic (exact) mass is 253 g/mol. The molecule has 2 heteroatoms. The van der Waals surface area contributed by atoms with Gasteiger partial charge in [0, 0.05) is 17.6 Å². The zero-order valence-corrected chi connectivity index (χ0v) is 10.1. The highest BCUT2D eigenvalue weighted by Crippen LogP contribution is 2.10. The predicted octanol–water partition coefficient (Wildman–Crippen LogP) is 3.50. The number of hydrogen-bond acceptors (Lipinski definition) is 1. The fourth-order valence-electron chi connectivity index (χ4n) is 1.11. The normalized spacial score (nSPS) is 10.1. The molecule has 14 heavy (non-hydrogen) atoms. The molecule has 0 spiro atoms. The van der Waals surface area contributed by atoms with Gasteiger partial charge in [-0.2, -0.15) is 0 Å². The number of hydrogen-bond donors (Lipinski definition) is 1. The Morgan fingerprint density at radius 2 is 2.00 bits per heavy atom. The highest BCUT2D eigenvalue weighted by Gasteiger charge is 1.93. The molecule has 0 unspecified atom stereocenters. The van der Waals surface area contributed by atoms with Crippen LogP contribution in [-0.2, 0) is 6.54 Å². The first-order chi connectivity index (χ1) is 6.72. The summed E-state index contributed by atoms with van der Waals surface area (Å²) in [4.78, 5) is 0. The lowest BCUT2D eigenvalue weighted by Crippen LogP contribution is -2.15. The second-order valence-corrected chi connectivity index (χ2v) is 4.25. The van der Waals surface area contributed by atoms with E-state index in [1.54, 1.807) is 0 Å². The molecule has 0 aliphatic rings. The van der Waals surface area contributed by atoms with Crippen LogP contribution in [0.25, 0.3) is 0 Å². The Hall–Kier alpha value is -0.600. The molecule has 0 radical (unpaired) electrons. The van der Waals surface area contributed by atoms with Gasteiger partial charge in [-0.15, -0.1) is 0 Å². The molecule has 1 aromatic rings. The minimum atomic E-state index is 0.909. The molecule has 1 nitrogen and oxygen atoms in total. The summed E-state index contributed by atoms with van der Waals surface area (Å²) in [6.45, 7) is 7.90. The first kappa shape index (κ1) is 11.5. The Morgan fingerprint density at radius 3 is 2.57 bits per heavy atom. The number of nitrogens with one attached hydrogen (secondary N) is 1. The molecule has 76 valence electrons. The first-order valence-electron chi connectivity index (χ1n) is 4.84. The molecular formula is C12H16BrN. The van der Waals surface area contributed by atoms with Gasteiger partial charge in [-0.3, -0.25) is 0 Å². The summed E-state index contributed by atoms with van der Waals surface area (Å²) in [6.07, 6.45) is 1.05. The van der Waals surface area contributed by atoms with Crippen molar-refractivity contribution < 1.29 is 0 Å². The van der Waals surface area contributed by atoms with E-state index in [-0.39, 0.29) is 0 Å². The van der Waals surface area contributed by atoms with E-state index < -0.39 is 0 Å². The maximum Gasteiger partial charge on any atom is 0.0208 e. The zero-order valence-electron chi connectivity index (χ0n) is 8.52. The average Bonchev–Trinajstić information content (AvgIpc) is 2.21. The molecule has 0 fully saturated rings. The van der Waals surface area contributed by atoms with E-state index in [1.165, 1.54) is 11.1 Å². The van der Waals surface area contributed by atoms with Gasteiger partial charge in [-0.25, -0.2) is 0 Å². The number of halogens is 1. The molecule has 0 aromatic heterocycles. The summed E-state index contributed by atoms with van der Waals surface area (Å²) >= 11 is 3.41. The van der Waals surface area contributed by atoms with E-state index in [9.17, 15) is 0 Å². The highest BCUT2D eigenvalue weighted by atomic mass is 79.9. The van der Waals surface area contributed by atoms with Crippen LogP contribution in [-0.4, -0.2) is 6.54 Å². The van der Waals surface area contributed by atoms with Gasteiger partial charge in [0.25, 0.3) is 0 Å². The summed E-state index contributed by atoms with van der Waals surface area (Å²) in [7, 11) is 0. The van der Waals surface area contributed by atoms with Gasteiger partial charge in [-0.1, -0.05) is 47.1 Å². The third kappa shape index (κ3) is 4.07. The molecule has 0 aliphatic carbocycles. The number of rotatable bonds is 5. The second-order valence-electron chi connectivity index (χ2n) is 3.33. The van der Waals surface area contributed by atoms with Crippen molar-refractivity contribution in [2.24, 2.45) is 0 Å². The molecule has 1 aromatic carbocycles. The van der Waals surface area contributed by atoms with Crippen LogP contribution >= 0.6 is 15.9 Å². The standard InChI is InChI=1S/C12H16BrN/c1-3-10(2)8-14-9-11-4-6-12(13)7-5-11/h4-7,14H,2-3,8-9H2,1H3. The molecule has 0 atom stereocenters. The topological polar surface area (TPSA) is 12.0 Å². The molecule has 0 bridgehead atoms. The largest absolute Gasteiger partial charge is 0.309 e. The van der Waals surface area contributed by atoms with Crippen molar-refractivity contribution in [3.8, 4) is 0 Å². The highest BCUT2D eigenvalue weighted by molar-refractivity contribution is 9.10. The van der Waals surface area contributed by atoms with Crippen molar-refractivity contribution in [2.75, 3.05) is 6.54 Å². The van der Waals surface area contributed by atoms with E-state index in [2.05, 4.69) is 59.0 Å². The molecule has 0 heterocycles. The minimum absolute atomic E-state index is 0.909. The maximum absolute atomic E-state index is 3.95. The van der Waals surface area contributed by atoms with Crippen molar-refractivity contribution in [3.05, 3.63) is 46.5 Å². The smallest absolute Gasteiger partial charge is 0.0208 e. The van der Waals surface area contributed by atoms with Crippen LogP contribution in [0.5, 0.6) is 0 Å². The Kier molecular flexibility index (Phi) is 4.91. The predicted molar refractivity (Wildman–Crippen MR) is 65.3 cm³/mol. The van der Waals surface area contributed by atoms with Crippen molar-refractivity contribution in [2.45, 2.75) is 19.9 Å². The zero-order chi connectivity index (χ0) is 10.4. The van der Waals surface area contributed by atoms with Crippen LogP contribution in [0.1, 0.15) is 18.9 Å². The third-order valence-corrected chi connectivity index (χ3v) is 2.65. The maximum atomic E-state index is 3.95. The fraction of sp³-hybridized carbons (Fsp3) is 0.333. The Bertz CT molecular complexity index is 290. The van der Waals surface area contributed by atoms with E-state index in [1.807, 2.05) is 0 Å². The summed E-state index contributed by atoms with van der Waals surface area (Å²) in [5, 5.41) is 3.36. The molecule has 0 saturated carbocycles. The van der Waals surface area contributed by atoms with E-state index in [0.717, 1.165) is 24.0 Å². The molecule has 1 N–H and O–H groups in total. The van der Waals surface area contributed by atoms with Crippen LogP contribution in [0.2, 0.25) is 0 Å². The van der Waals surface area contributed by atoms with Crippen LogP contribution in [0.4, 0.5) is 0 Å². The quantitative estimate of drug-likeness (QED) is 0.793. The van der Waals surface area contributed by atoms with E-state index in [4.69, 9.17) is 0 Å². The van der Waals surface area contributed by atoms with Gasteiger partial charge < -0.3 is 5.32 Å². The van der Waals surface area contributed by atoms with Crippen molar-refractivity contribution in [1.29, 1.82) is 0 Å². The van der Waals surface area contributed by atoms with Gasteiger partial charge >= 0.3 is 0 Å². The summed E-state index contributed by atoms with van der Waals surface area (Å²) in [6, 6.07) is 8.36. The summed E-state index contributed by atoms with van der Waals surface area (Å²) in [5.74, 6) is 0. The summed E-state index contributed by atoms with van der Waals surface area (Å²) in [5.41, 5.74) is 2.55. The van der Waals surface area contributed by atoms with Crippen LogP contribution in [0.3, 0.4) is 0 Å². The van der Waals surface area contributed by atoms with Gasteiger partial charge in [-0.05, 0) is 24.1 Å². The SMILES string of the molecule is C=C(CC)CNCc1ccc(Br)cc1. The van der Waals surface area contributed by atoms with Crippen molar-refractivity contribution in [1.82, 2.24) is 5.32 Å². The minimum Gasteiger partial charge on any atom is -0.309 e. The van der Waals surface area contributed by atoms with Gasteiger partial charge in [0.2, 0.25) is 0 Å². The molecule has 1 rings (SSSR count). The van der Waals surface area contributed by atoms with Gasteiger partial charge in [0.1, 0.15) is 0 Å². The second kappa shape index (κ2) is 5.99. The lowest BCUT2D eigenvalue weighted by molar-refractivity contribution is 0.727. The average molecular weight is 254 g/mol. The molecule has 0 saturated heterocycles. The van der Waals surface area contributed by atoms with E-state index in [0.29, 0.717) is 0 Å². The number of benzene rings is 1. The fourth-order valence-corrected chi connectivity index (χ4v) is 1.38. The lowest BCUT2D eigenvalue weighted by Gasteiger charge is -2.05. The van der Waals surface area contributed by atoms with Crippen LogP contribution < -0.4 is 5.32 Å². The Morgan fingerprint density at radius 1 is 1.36 bits per heavy atom. The third-order valence-electron chi connectivity index (χ3n) is 2.12. The van der Waals surface area contributed by atoms with Crippen LogP contribution in [0.15, 0.2) is 40.9 Å². The Labute approximate surface area is 94.3 Å². The van der Waals surface area contributed by atoms with E-state index >= 15 is 0 Å². The molecule has 0 amide bonds. The first-order valence-corrected chi connectivity index (χ1v) is 5.63. The van der Waals surface area contributed by atoms with Gasteiger partial charge in [0.15, 0.2) is 0 Å². The molecular weight excluding hydrogens is 238 g/mol.